The third kappa shape index (κ3) is 7.49. The van der Waals surface area contributed by atoms with Gasteiger partial charge in [-0.1, -0.05) is 30.8 Å². The van der Waals surface area contributed by atoms with E-state index in [1.165, 1.54) is 11.8 Å². The van der Waals surface area contributed by atoms with Crippen molar-refractivity contribution in [1.82, 2.24) is 0 Å². The molecule has 1 heterocycles. The van der Waals surface area contributed by atoms with E-state index in [1.54, 1.807) is 0 Å². The lowest BCUT2D eigenvalue weighted by Crippen LogP contribution is -2.27. The van der Waals surface area contributed by atoms with Crippen LogP contribution in [0, 0.1) is 4.71 Å². The van der Waals surface area contributed by atoms with Gasteiger partial charge in [-0.05, 0) is 31.3 Å². The van der Waals surface area contributed by atoms with Crippen LogP contribution in [0.5, 0.6) is 0 Å². The topological polar surface area (TPSA) is 42.7 Å². The van der Waals surface area contributed by atoms with Crippen LogP contribution < -0.4 is 4.90 Å². The summed E-state index contributed by atoms with van der Waals surface area (Å²) in [6.45, 7) is 7.12. The molecule has 2 rings (SSSR count). The summed E-state index contributed by atoms with van der Waals surface area (Å²) in [5, 5.41) is 1.35. The summed E-state index contributed by atoms with van der Waals surface area (Å²) < 4.78 is 11.9. The van der Waals surface area contributed by atoms with Gasteiger partial charge in [0.2, 0.25) is 0 Å². The quantitative estimate of drug-likeness (QED) is 0.333. The standard InChI is InChI=1S/C20H27NO3S3/c1-3-19(22)27-14-13-26-12-11-23-10-9-21(4-2)17-15-20(25)24-18-8-6-5-7-16(17)18/h5-8,15H,3-4,9-14H2,1-2H3. The van der Waals surface area contributed by atoms with Crippen LogP contribution in [-0.4, -0.2) is 48.7 Å². The smallest absolute Gasteiger partial charge is 0.192 e. The number of carbonyl (C=O) groups excluding carboxylic acids is 1. The monoisotopic (exact) mass is 425 g/mol. The third-order valence-corrected chi connectivity index (χ3v) is 6.43. The van der Waals surface area contributed by atoms with Crippen LogP contribution in [0.1, 0.15) is 20.3 Å². The molecule has 148 valence electrons. The first-order valence-corrected chi connectivity index (χ1v) is 11.8. The molecule has 0 atom stereocenters. The Kier molecular flexibility index (Phi) is 10.3. The van der Waals surface area contributed by atoms with E-state index in [2.05, 4.69) is 17.9 Å². The van der Waals surface area contributed by atoms with Crippen LogP contribution >= 0.6 is 35.7 Å². The van der Waals surface area contributed by atoms with E-state index in [4.69, 9.17) is 21.4 Å². The van der Waals surface area contributed by atoms with Crippen LogP contribution in [0.2, 0.25) is 0 Å². The Morgan fingerprint density at radius 1 is 1.19 bits per heavy atom. The summed E-state index contributed by atoms with van der Waals surface area (Å²) in [6.07, 6.45) is 0.615. The predicted molar refractivity (Wildman–Crippen MR) is 121 cm³/mol. The Morgan fingerprint density at radius 3 is 2.78 bits per heavy atom. The third-order valence-electron chi connectivity index (χ3n) is 4.01. The maximum atomic E-state index is 11.2. The zero-order chi connectivity index (χ0) is 19.5. The van der Waals surface area contributed by atoms with Crippen LogP contribution in [-0.2, 0) is 9.53 Å². The Labute approximate surface area is 175 Å². The number of ether oxygens (including phenoxy) is 1. The number of hydrogen-bond acceptors (Lipinski definition) is 7. The highest BCUT2D eigenvalue weighted by molar-refractivity contribution is 8.14. The highest BCUT2D eigenvalue weighted by Gasteiger charge is 2.10. The maximum absolute atomic E-state index is 11.2. The molecule has 0 aliphatic carbocycles. The largest absolute Gasteiger partial charge is 0.445 e. The Morgan fingerprint density at radius 2 is 2.00 bits per heavy atom. The zero-order valence-electron chi connectivity index (χ0n) is 15.9. The van der Waals surface area contributed by atoms with Crippen LogP contribution in [0.4, 0.5) is 5.69 Å². The minimum absolute atomic E-state index is 0.273. The van der Waals surface area contributed by atoms with Crippen molar-refractivity contribution in [2.75, 3.05) is 48.5 Å². The molecule has 0 amide bonds. The molecule has 0 saturated heterocycles. The van der Waals surface area contributed by atoms with Gasteiger partial charge in [-0.3, -0.25) is 4.79 Å². The molecule has 2 aromatic rings. The van der Waals surface area contributed by atoms with Crippen molar-refractivity contribution in [3.05, 3.63) is 35.0 Å². The van der Waals surface area contributed by atoms with Crippen molar-refractivity contribution in [2.24, 2.45) is 0 Å². The fourth-order valence-electron chi connectivity index (χ4n) is 2.62. The summed E-state index contributed by atoms with van der Waals surface area (Å²) in [4.78, 5) is 13.5. The fraction of sp³-hybridized carbons (Fsp3) is 0.500. The van der Waals surface area contributed by atoms with Gasteiger partial charge in [-0.15, -0.1) is 0 Å². The number of hydrogen-bond donors (Lipinski definition) is 0. The lowest BCUT2D eigenvalue weighted by atomic mass is 10.2. The number of carbonyl (C=O) groups is 1. The zero-order valence-corrected chi connectivity index (χ0v) is 18.4. The number of fused-ring (bicyclic) bond motifs is 1. The van der Waals surface area contributed by atoms with Gasteiger partial charge in [-0.25, -0.2) is 0 Å². The van der Waals surface area contributed by atoms with Crippen LogP contribution in [0.3, 0.4) is 0 Å². The minimum atomic E-state index is 0.273. The number of benzene rings is 1. The second-order valence-electron chi connectivity index (χ2n) is 5.83. The van der Waals surface area contributed by atoms with Gasteiger partial charge >= 0.3 is 0 Å². The van der Waals surface area contributed by atoms with Gasteiger partial charge in [0, 0.05) is 48.2 Å². The molecule has 0 unspecified atom stereocenters. The first-order chi connectivity index (χ1) is 13.2. The number of anilines is 1. The van der Waals surface area contributed by atoms with E-state index in [0.29, 0.717) is 17.7 Å². The number of likely N-dealkylation sites (N-methyl/N-ethyl adjacent to an activating group) is 1. The summed E-state index contributed by atoms with van der Waals surface area (Å²) in [7, 11) is 0. The molecule has 0 saturated carbocycles. The molecule has 4 nitrogen and oxygen atoms in total. The van der Waals surface area contributed by atoms with Gasteiger partial charge in [0.1, 0.15) is 5.58 Å². The number of nitrogens with zero attached hydrogens (tertiary/aromatic N) is 1. The van der Waals surface area contributed by atoms with E-state index >= 15 is 0 Å². The van der Waals surface area contributed by atoms with Crippen LogP contribution in [0.25, 0.3) is 11.0 Å². The van der Waals surface area contributed by atoms with Gasteiger partial charge in [0.25, 0.3) is 0 Å². The van der Waals surface area contributed by atoms with Crippen molar-refractivity contribution in [2.45, 2.75) is 20.3 Å². The average Bonchev–Trinajstić information content (AvgIpc) is 2.68. The molecular formula is C20H27NO3S3. The van der Waals surface area contributed by atoms with Crippen molar-refractivity contribution in [1.29, 1.82) is 0 Å². The molecule has 0 bridgehead atoms. The molecule has 7 heteroatoms. The molecule has 27 heavy (non-hydrogen) atoms. The molecule has 0 N–H and O–H groups in total. The average molecular weight is 426 g/mol. The first-order valence-electron chi connectivity index (χ1n) is 9.24. The van der Waals surface area contributed by atoms with E-state index in [1.807, 2.05) is 43.0 Å². The lowest BCUT2D eigenvalue weighted by Gasteiger charge is -2.24. The van der Waals surface area contributed by atoms with Crippen LogP contribution in [0.15, 0.2) is 34.7 Å². The number of rotatable bonds is 12. The Hall–Kier alpha value is -1.02. The molecule has 0 radical (unpaired) electrons. The Balaban J connectivity index is 1.74. The highest BCUT2D eigenvalue weighted by Crippen LogP contribution is 2.27. The molecule has 0 spiro atoms. The second kappa shape index (κ2) is 12.4. The number of para-hydroxylation sites is 1. The maximum Gasteiger partial charge on any atom is 0.192 e. The summed E-state index contributed by atoms with van der Waals surface area (Å²) in [6, 6.07) is 9.90. The first kappa shape index (κ1) is 22.3. The van der Waals surface area contributed by atoms with Gasteiger partial charge in [0.05, 0.1) is 18.9 Å². The summed E-state index contributed by atoms with van der Waals surface area (Å²) in [5.74, 6) is 2.83. The molecule has 0 fully saturated rings. The fourth-order valence-corrected chi connectivity index (χ4v) is 4.50. The van der Waals surface area contributed by atoms with Crippen molar-refractivity contribution >= 4 is 57.5 Å². The lowest BCUT2D eigenvalue weighted by molar-refractivity contribution is -0.110. The molecule has 0 aliphatic heterocycles. The minimum Gasteiger partial charge on any atom is -0.445 e. The molecule has 0 aliphatic rings. The molecule has 1 aromatic heterocycles. The van der Waals surface area contributed by atoms with Crippen molar-refractivity contribution < 1.29 is 13.9 Å². The number of thioether (sulfide) groups is 2. The van der Waals surface area contributed by atoms with E-state index < -0.39 is 0 Å². The normalized spacial score (nSPS) is 11.0. The Bertz CT molecular complexity index is 778. The molecule has 1 aromatic carbocycles. The van der Waals surface area contributed by atoms with Gasteiger partial charge < -0.3 is 14.1 Å². The van der Waals surface area contributed by atoms with Crippen molar-refractivity contribution in [3.8, 4) is 0 Å². The summed E-state index contributed by atoms with van der Waals surface area (Å²) in [5.41, 5.74) is 1.91. The SMILES string of the molecule is CCC(=O)SCCSCCOCCN(CC)c1cc(=S)oc2ccccc12. The van der Waals surface area contributed by atoms with E-state index in [-0.39, 0.29) is 5.12 Å². The van der Waals surface area contributed by atoms with Gasteiger partial charge in [-0.2, -0.15) is 11.8 Å². The van der Waals surface area contributed by atoms with Gasteiger partial charge in [0.15, 0.2) is 9.82 Å². The summed E-state index contributed by atoms with van der Waals surface area (Å²) >= 11 is 8.53. The predicted octanol–water partition coefficient (Wildman–Crippen LogP) is 5.41. The second-order valence-corrected chi connectivity index (χ2v) is 8.60. The van der Waals surface area contributed by atoms with E-state index in [0.717, 1.165) is 53.6 Å². The molecular weight excluding hydrogens is 398 g/mol. The highest BCUT2D eigenvalue weighted by atomic mass is 32.2. The van der Waals surface area contributed by atoms with E-state index in [9.17, 15) is 4.79 Å². The van der Waals surface area contributed by atoms with Crippen molar-refractivity contribution in [3.63, 3.8) is 0 Å².